The first-order valence-corrected chi connectivity index (χ1v) is 23.6. The van der Waals surface area contributed by atoms with Crippen LogP contribution in [0.4, 0.5) is 0 Å². The van der Waals surface area contributed by atoms with Crippen LogP contribution in [0.2, 0.25) is 0 Å². The van der Waals surface area contributed by atoms with Crippen molar-refractivity contribution >= 4 is 5.91 Å². The van der Waals surface area contributed by atoms with Crippen LogP contribution in [0.3, 0.4) is 0 Å². The number of aliphatic hydroxyl groups is 4. The molecule has 0 bridgehead atoms. The maximum absolute atomic E-state index is 12.5. The Morgan fingerprint density at radius 2 is 0.755 bits per heavy atom. The van der Waals surface area contributed by atoms with E-state index in [0.717, 1.165) is 38.5 Å². The van der Waals surface area contributed by atoms with Crippen LogP contribution >= 0.6 is 0 Å². The molecule has 1 amide bonds. The van der Waals surface area contributed by atoms with Crippen LogP contribution in [0.5, 0.6) is 0 Å². The third kappa shape index (κ3) is 36.4. The van der Waals surface area contributed by atoms with E-state index in [2.05, 4.69) is 31.3 Å². The molecule has 0 spiro atoms. The summed E-state index contributed by atoms with van der Waals surface area (Å²) in [5.74, 6) is -0.583. The van der Waals surface area contributed by atoms with Gasteiger partial charge in [0.2, 0.25) is 5.91 Å². The Morgan fingerprint density at radius 3 is 1.09 bits per heavy atom. The van der Waals surface area contributed by atoms with E-state index in [4.69, 9.17) is 0 Å². The highest BCUT2D eigenvalue weighted by Gasteiger charge is 2.28. The Balaban J connectivity index is 3.57. The first-order valence-electron chi connectivity index (χ1n) is 23.6. The zero-order chi connectivity index (χ0) is 38.9. The van der Waals surface area contributed by atoms with Gasteiger partial charge in [0.15, 0.2) is 0 Å². The molecule has 0 rings (SSSR count). The average molecular weight is 752 g/mol. The molecule has 0 aliphatic heterocycles. The van der Waals surface area contributed by atoms with Gasteiger partial charge >= 0.3 is 0 Å². The number of nitrogens with one attached hydrogen (secondary N) is 1. The van der Waals surface area contributed by atoms with Crippen LogP contribution in [0.15, 0.2) is 12.2 Å². The predicted octanol–water partition coefficient (Wildman–Crippen LogP) is 12.6. The largest absolute Gasteiger partial charge is 0.394 e. The fourth-order valence-electron chi connectivity index (χ4n) is 7.46. The van der Waals surface area contributed by atoms with E-state index in [9.17, 15) is 25.2 Å². The van der Waals surface area contributed by atoms with Crippen LogP contribution in [-0.4, -0.2) is 57.3 Å². The zero-order valence-electron chi connectivity index (χ0n) is 35.5. The van der Waals surface area contributed by atoms with E-state index in [1.807, 2.05) is 0 Å². The molecule has 0 saturated heterocycles. The van der Waals surface area contributed by atoms with Crippen molar-refractivity contribution in [1.82, 2.24) is 5.32 Å². The number of hydrogen-bond acceptors (Lipinski definition) is 5. The molecule has 4 atom stereocenters. The third-order valence-electron chi connectivity index (χ3n) is 11.2. The summed E-state index contributed by atoms with van der Waals surface area (Å²) in [5, 5.41) is 43.5. The topological polar surface area (TPSA) is 110 Å². The summed E-state index contributed by atoms with van der Waals surface area (Å²) < 4.78 is 0. The summed E-state index contributed by atoms with van der Waals surface area (Å²) >= 11 is 0. The van der Waals surface area contributed by atoms with E-state index in [1.54, 1.807) is 0 Å². The predicted molar refractivity (Wildman–Crippen MR) is 228 cm³/mol. The van der Waals surface area contributed by atoms with Gasteiger partial charge in [-0.25, -0.2) is 0 Å². The van der Waals surface area contributed by atoms with Gasteiger partial charge in [-0.2, -0.15) is 0 Å². The molecule has 6 nitrogen and oxygen atoms in total. The molecule has 4 unspecified atom stereocenters. The van der Waals surface area contributed by atoms with Gasteiger partial charge in [-0.15, -0.1) is 0 Å². The Bertz CT molecular complexity index is 761. The first kappa shape index (κ1) is 52.0. The second-order valence-corrected chi connectivity index (χ2v) is 16.5. The molecule has 0 aliphatic carbocycles. The summed E-state index contributed by atoms with van der Waals surface area (Å²) in [4.78, 5) is 12.5. The lowest BCUT2D eigenvalue weighted by Gasteiger charge is -2.27. The van der Waals surface area contributed by atoms with E-state index in [1.165, 1.54) is 186 Å². The van der Waals surface area contributed by atoms with E-state index >= 15 is 0 Å². The number of rotatable bonds is 43. The highest BCUT2D eigenvalue weighted by molar-refractivity contribution is 5.80. The van der Waals surface area contributed by atoms with Gasteiger partial charge in [-0.3, -0.25) is 4.79 Å². The standard InChI is InChI=1S/C47H93NO5/c1-3-5-7-9-11-13-14-15-16-17-18-19-20-21-22-23-24-25-26-27-28-29-30-31-33-35-37-39-41-45(51)47(53)48-43(42-49)46(52)44(50)40-38-36-34-32-12-10-8-6-4-2/h21-22,43-46,49-52H,3-20,23-42H2,1-2H3,(H,48,53)/b22-21-. The lowest BCUT2D eigenvalue weighted by atomic mass is 9.99. The lowest BCUT2D eigenvalue weighted by Crippen LogP contribution is -2.53. The lowest BCUT2D eigenvalue weighted by molar-refractivity contribution is -0.132. The zero-order valence-corrected chi connectivity index (χ0v) is 35.5. The van der Waals surface area contributed by atoms with E-state index in [0.29, 0.717) is 12.8 Å². The van der Waals surface area contributed by atoms with Crippen molar-refractivity contribution in [3.8, 4) is 0 Å². The first-order chi connectivity index (χ1) is 26.0. The van der Waals surface area contributed by atoms with E-state index < -0.39 is 36.9 Å². The van der Waals surface area contributed by atoms with Crippen LogP contribution in [0.25, 0.3) is 0 Å². The number of unbranched alkanes of at least 4 members (excludes halogenated alkanes) is 32. The summed E-state index contributed by atoms with van der Waals surface area (Å²) in [6.07, 6.45) is 47.0. The Kier molecular flexibility index (Phi) is 41.4. The maximum Gasteiger partial charge on any atom is 0.249 e. The van der Waals surface area contributed by atoms with Gasteiger partial charge in [0.25, 0.3) is 0 Å². The normalized spacial score (nSPS) is 14.2. The van der Waals surface area contributed by atoms with Crippen LogP contribution in [0, 0.1) is 0 Å². The van der Waals surface area contributed by atoms with Crippen LogP contribution < -0.4 is 5.32 Å². The van der Waals surface area contributed by atoms with Gasteiger partial charge in [-0.05, 0) is 38.5 Å². The highest BCUT2D eigenvalue weighted by atomic mass is 16.3. The van der Waals surface area contributed by atoms with Gasteiger partial charge in [0.1, 0.15) is 12.2 Å². The van der Waals surface area contributed by atoms with Crippen molar-refractivity contribution in [2.45, 2.75) is 276 Å². The fourth-order valence-corrected chi connectivity index (χ4v) is 7.46. The molecule has 6 heteroatoms. The highest BCUT2D eigenvalue weighted by Crippen LogP contribution is 2.17. The van der Waals surface area contributed by atoms with E-state index in [-0.39, 0.29) is 0 Å². The molecular formula is C47H93NO5. The number of carbonyl (C=O) groups is 1. The molecule has 0 aliphatic rings. The minimum absolute atomic E-state index is 0.371. The second kappa shape index (κ2) is 42.2. The van der Waals surface area contributed by atoms with Crippen molar-refractivity contribution in [2.24, 2.45) is 0 Å². The number of amides is 1. The summed E-state index contributed by atoms with van der Waals surface area (Å²) in [6, 6.07) is -0.980. The quantitative estimate of drug-likeness (QED) is 0.0315. The Labute approximate surface area is 330 Å². The van der Waals surface area contributed by atoms with Gasteiger partial charge in [0.05, 0.1) is 18.8 Å². The summed E-state index contributed by atoms with van der Waals surface area (Å²) in [6.45, 7) is 4.03. The molecule has 5 N–H and O–H groups in total. The van der Waals surface area contributed by atoms with Crippen LogP contribution in [0.1, 0.15) is 251 Å². The molecule has 0 aromatic heterocycles. The number of allylic oxidation sites excluding steroid dienone is 2. The molecule has 0 saturated carbocycles. The molecular weight excluding hydrogens is 659 g/mol. The Hall–Kier alpha value is -0.950. The molecule has 0 radical (unpaired) electrons. The number of carbonyl (C=O) groups excluding carboxylic acids is 1. The van der Waals surface area contributed by atoms with Gasteiger partial charge < -0.3 is 25.7 Å². The second-order valence-electron chi connectivity index (χ2n) is 16.5. The SMILES string of the molecule is CCCCCCCCCCCCCC/C=C\CCCCCCCCCCCCCCC(O)C(=O)NC(CO)C(O)C(O)CCCCCCCCCCC. The van der Waals surface area contributed by atoms with Gasteiger partial charge in [0, 0.05) is 0 Å². The van der Waals surface area contributed by atoms with Crippen molar-refractivity contribution in [2.75, 3.05) is 6.61 Å². The van der Waals surface area contributed by atoms with Gasteiger partial charge in [-0.1, -0.05) is 225 Å². The number of hydrogen-bond donors (Lipinski definition) is 5. The molecule has 316 valence electrons. The summed E-state index contributed by atoms with van der Waals surface area (Å²) in [7, 11) is 0. The summed E-state index contributed by atoms with van der Waals surface area (Å²) in [5.41, 5.74) is 0. The molecule has 53 heavy (non-hydrogen) atoms. The average Bonchev–Trinajstić information content (AvgIpc) is 3.16. The van der Waals surface area contributed by atoms with Crippen molar-refractivity contribution < 1.29 is 25.2 Å². The smallest absolute Gasteiger partial charge is 0.249 e. The van der Waals surface area contributed by atoms with Crippen LogP contribution in [-0.2, 0) is 4.79 Å². The third-order valence-corrected chi connectivity index (χ3v) is 11.2. The minimum Gasteiger partial charge on any atom is -0.394 e. The minimum atomic E-state index is -1.25. The molecule has 0 aromatic rings. The number of aliphatic hydroxyl groups excluding tert-OH is 4. The monoisotopic (exact) mass is 752 g/mol. The van der Waals surface area contributed by atoms with Crippen molar-refractivity contribution in [3.05, 3.63) is 12.2 Å². The van der Waals surface area contributed by atoms with Crippen molar-refractivity contribution in [1.29, 1.82) is 0 Å². The fraction of sp³-hybridized carbons (Fsp3) is 0.936. The maximum atomic E-state index is 12.5. The van der Waals surface area contributed by atoms with Crippen molar-refractivity contribution in [3.63, 3.8) is 0 Å². The molecule has 0 aromatic carbocycles. The molecule has 0 heterocycles. The molecule has 0 fully saturated rings. The Morgan fingerprint density at radius 1 is 0.453 bits per heavy atom.